The Bertz CT molecular complexity index is 413. The number of hydrogen-bond acceptors (Lipinski definition) is 3. The first kappa shape index (κ1) is 11.6. The first-order valence-corrected chi connectivity index (χ1v) is 6.84. The molecule has 96 valence electrons. The van der Waals surface area contributed by atoms with Crippen LogP contribution in [0.4, 0.5) is 5.69 Å². The number of benzene rings is 1. The highest BCUT2D eigenvalue weighted by Crippen LogP contribution is 2.27. The highest BCUT2D eigenvalue weighted by molar-refractivity contribution is 5.82. The van der Waals surface area contributed by atoms with E-state index in [1.54, 1.807) is 0 Å². The fourth-order valence-electron chi connectivity index (χ4n) is 2.92. The summed E-state index contributed by atoms with van der Waals surface area (Å²) >= 11 is 0. The van der Waals surface area contributed by atoms with Crippen LogP contribution in [0.2, 0.25) is 0 Å². The molecule has 0 saturated heterocycles. The molecule has 1 unspecified atom stereocenters. The van der Waals surface area contributed by atoms with Crippen molar-refractivity contribution in [3.63, 3.8) is 0 Å². The molecule has 18 heavy (non-hydrogen) atoms. The molecule has 1 aliphatic heterocycles. The zero-order valence-electron chi connectivity index (χ0n) is 10.5. The molecule has 1 aromatic carbocycles. The van der Waals surface area contributed by atoms with Crippen LogP contribution in [0, 0.1) is 5.92 Å². The van der Waals surface area contributed by atoms with Gasteiger partial charge in [-0.2, -0.15) is 0 Å². The van der Waals surface area contributed by atoms with Crippen molar-refractivity contribution in [3.8, 4) is 0 Å². The lowest BCUT2D eigenvalue weighted by atomic mass is 10.1. The molecule has 1 atom stereocenters. The van der Waals surface area contributed by atoms with Crippen LogP contribution < -0.4 is 5.32 Å². The Morgan fingerprint density at radius 2 is 2.06 bits per heavy atom. The van der Waals surface area contributed by atoms with Crippen molar-refractivity contribution in [3.05, 3.63) is 29.8 Å². The lowest BCUT2D eigenvalue weighted by Gasteiger charge is -2.14. The van der Waals surface area contributed by atoms with E-state index < -0.39 is 0 Å². The van der Waals surface area contributed by atoms with Crippen LogP contribution in [0.25, 0.3) is 0 Å². The van der Waals surface area contributed by atoms with E-state index in [1.165, 1.54) is 31.2 Å². The van der Waals surface area contributed by atoms with E-state index in [-0.39, 0.29) is 12.0 Å². The Hall–Kier alpha value is -1.51. The Morgan fingerprint density at radius 1 is 1.28 bits per heavy atom. The number of anilines is 1. The highest BCUT2D eigenvalue weighted by atomic mass is 16.5. The van der Waals surface area contributed by atoms with Gasteiger partial charge in [0.1, 0.15) is 6.04 Å². The van der Waals surface area contributed by atoms with E-state index in [9.17, 15) is 4.79 Å². The number of carbonyl (C=O) groups excluding carboxylic acids is 1. The van der Waals surface area contributed by atoms with Gasteiger partial charge >= 0.3 is 5.97 Å². The van der Waals surface area contributed by atoms with Gasteiger partial charge in [-0.05, 0) is 30.4 Å². The Balaban J connectivity index is 1.52. The second kappa shape index (κ2) is 5.01. The van der Waals surface area contributed by atoms with Crippen molar-refractivity contribution >= 4 is 11.7 Å². The maximum atomic E-state index is 12.0. The summed E-state index contributed by atoms with van der Waals surface area (Å²) in [5.74, 6) is 0.496. The molecule has 1 heterocycles. The standard InChI is InChI=1S/C15H19NO2/c17-15(18-10-11-5-1-2-6-11)14-9-12-7-3-4-8-13(12)16-14/h3-4,7-8,11,14,16H,1-2,5-6,9-10H2. The zero-order chi connectivity index (χ0) is 12.4. The summed E-state index contributed by atoms with van der Waals surface area (Å²) in [7, 11) is 0. The van der Waals surface area contributed by atoms with Crippen molar-refractivity contribution in [2.45, 2.75) is 38.1 Å². The fraction of sp³-hybridized carbons (Fsp3) is 0.533. The van der Waals surface area contributed by atoms with Crippen LogP contribution in [0.3, 0.4) is 0 Å². The van der Waals surface area contributed by atoms with Crippen molar-refractivity contribution < 1.29 is 9.53 Å². The van der Waals surface area contributed by atoms with Gasteiger partial charge in [0.05, 0.1) is 6.61 Å². The predicted molar refractivity (Wildman–Crippen MR) is 70.5 cm³/mol. The molecule has 1 saturated carbocycles. The highest BCUT2D eigenvalue weighted by Gasteiger charge is 2.28. The number of esters is 1. The largest absolute Gasteiger partial charge is 0.464 e. The third-order valence-corrected chi connectivity index (χ3v) is 3.99. The second-order valence-electron chi connectivity index (χ2n) is 5.34. The molecule has 1 fully saturated rings. The molecule has 3 rings (SSSR count). The van der Waals surface area contributed by atoms with Crippen LogP contribution in [0.5, 0.6) is 0 Å². The summed E-state index contributed by atoms with van der Waals surface area (Å²) < 4.78 is 5.44. The lowest BCUT2D eigenvalue weighted by Crippen LogP contribution is -2.30. The summed E-state index contributed by atoms with van der Waals surface area (Å²) in [5.41, 5.74) is 2.28. The fourth-order valence-corrected chi connectivity index (χ4v) is 2.92. The molecule has 1 N–H and O–H groups in total. The summed E-state index contributed by atoms with van der Waals surface area (Å²) in [6.45, 7) is 0.605. The van der Waals surface area contributed by atoms with Crippen LogP contribution in [-0.4, -0.2) is 18.6 Å². The van der Waals surface area contributed by atoms with Crippen LogP contribution in [0.15, 0.2) is 24.3 Å². The van der Waals surface area contributed by atoms with Crippen molar-refractivity contribution in [2.24, 2.45) is 5.92 Å². The van der Waals surface area contributed by atoms with E-state index >= 15 is 0 Å². The first-order valence-electron chi connectivity index (χ1n) is 6.84. The number of ether oxygens (including phenoxy) is 1. The normalized spacial score (nSPS) is 22.6. The number of nitrogens with one attached hydrogen (secondary N) is 1. The minimum atomic E-state index is -0.191. The summed E-state index contributed by atoms with van der Waals surface area (Å²) in [6.07, 6.45) is 5.75. The Labute approximate surface area is 108 Å². The van der Waals surface area contributed by atoms with Crippen LogP contribution in [0.1, 0.15) is 31.2 Å². The van der Waals surface area contributed by atoms with Gasteiger partial charge < -0.3 is 10.1 Å². The molecule has 3 nitrogen and oxygen atoms in total. The quantitative estimate of drug-likeness (QED) is 0.832. The molecule has 3 heteroatoms. The second-order valence-corrected chi connectivity index (χ2v) is 5.34. The molecule has 0 spiro atoms. The van der Waals surface area contributed by atoms with Gasteiger partial charge in [-0.25, -0.2) is 4.79 Å². The molecular weight excluding hydrogens is 226 g/mol. The lowest BCUT2D eigenvalue weighted by molar-refractivity contribution is -0.145. The SMILES string of the molecule is O=C(OCC1CCCC1)C1Cc2ccccc2N1. The van der Waals surface area contributed by atoms with Crippen molar-refractivity contribution in [1.29, 1.82) is 0 Å². The van der Waals surface area contributed by atoms with Crippen LogP contribution in [-0.2, 0) is 16.0 Å². The van der Waals surface area contributed by atoms with Gasteiger partial charge in [-0.15, -0.1) is 0 Å². The molecule has 0 amide bonds. The van der Waals surface area contributed by atoms with E-state index in [4.69, 9.17) is 4.74 Å². The first-order chi connectivity index (χ1) is 8.83. The van der Waals surface area contributed by atoms with E-state index in [2.05, 4.69) is 11.4 Å². The van der Waals surface area contributed by atoms with Crippen molar-refractivity contribution in [2.75, 3.05) is 11.9 Å². The number of rotatable bonds is 3. The van der Waals surface area contributed by atoms with Gasteiger partial charge in [0.2, 0.25) is 0 Å². The minimum Gasteiger partial charge on any atom is -0.464 e. The molecule has 0 aromatic heterocycles. The van der Waals surface area contributed by atoms with E-state index in [0.717, 1.165) is 12.1 Å². The topological polar surface area (TPSA) is 38.3 Å². The third kappa shape index (κ3) is 2.35. The maximum absolute atomic E-state index is 12.0. The summed E-state index contributed by atoms with van der Waals surface area (Å²) in [6, 6.07) is 7.88. The number of fused-ring (bicyclic) bond motifs is 1. The number of para-hydroxylation sites is 1. The van der Waals surface area contributed by atoms with Gasteiger partial charge in [-0.3, -0.25) is 0 Å². The Kier molecular flexibility index (Phi) is 3.22. The monoisotopic (exact) mass is 245 g/mol. The van der Waals surface area contributed by atoms with Gasteiger partial charge in [0.25, 0.3) is 0 Å². The average Bonchev–Trinajstić information content (AvgIpc) is 3.04. The van der Waals surface area contributed by atoms with Gasteiger partial charge in [0.15, 0.2) is 0 Å². The predicted octanol–water partition coefficient (Wildman–Crippen LogP) is 2.76. The molecule has 1 aliphatic carbocycles. The smallest absolute Gasteiger partial charge is 0.328 e. The van der Waals surface area contributed by atoms with E-state index in [1.807, 2.05) is 18.2 Å². The van der Waals surface area contributed by atoms with Gasteiger partial charge in [-0.1, -0.05) is 31.0 Å². The minimum absolute atomic E-state index is 0.0990. The van der Waals surface area contributed by atoms with Crippen molar-refractivity contribution in [1.82, 2.24) is 0 Å². The van der Waals surface area contributed by atoms with Crippen LogP contribution >= 0.6 is 0 Å². The Morgan fingerprint density at radius 3 is 2.83 bits per heavy atom. The molecule has 2 aliphatic rings. The maximum Gasteiger partial charge on any atom is 0.328 e. The summed E-state index contributed by atoms with van der Waals surface area (Å²) in [5, 5.41) is 3.24. The summed E-state index contributed by atoms with van der Waals surface area (Å²) in [4.78, 5) is 12.0. The number of carbonyl (C=O) groups is 1. The van der Waals surface area contributed by atoms with Gasteiger partial charge in [0, 0.05) is 12.1 Å². The molecule has 1 aromatic rings. The van der Waals surface area contributed by atoms with E-state index in [0.29, 0.717) is 12.5 Å². The molecule has 0 bridgehead atoms. The third-order valence-electron chi connectivity index (χ3n) is 3.99. The average molecular weight is 245 g/mol. The zero-order valence-corrected chi connectivity index (χ0v) is 10.5. The molecular formula is C15H19NO2. The number of hydrogen-bond donors (Lipinski definition) is 1. The molecule has 0 radical (unpaired) electrons.